The molecule has 0 saturated carbocycles. The average molecular weight is 302 g/mol. The number of nitrogens with zero attached hydrogens (tertiary/aromatic N) is 3. The molecule has 3 heterocycles. The molecule has 1 saturated heterocycles. The number of carbonyl (C=O) groups excluding carboxylic acids is 1. The molecule has 22 heavy (non-hydrogen) atoms. The van der Waals surface area contributed by atoms with Gasteiger partial charge in [0.15, 0.2) is 0 Å². The highest BCUT2D eigenvalue weighted by Gasteiger charge is 2.35. The normalized spacial score (nSPS) is 22.0. The van der Waals surface area contributed by atoms with E-state index in [1.54, 1.807) is 6.20 Å². The number of carbonyl (C=O) groups is 1. The minimum atomic E-state index is 0.00230. The first-order chi connectivity index (χ1) is 10.4. The molecule has 1 aliphatic heterocycles. The number of aromatic nitrogens is 2. The molecule has 1 aliphatic rings. The summed E-state index contributed by atoms with van der Waals surface area (Å²) >= 11 is 0. The van der Waals surface area contributed by atoms with E-state index in [4.69, 9.17) is 10.3 Å². The molecule has 2 aromatic rings. The van der Waals surface area contributed by atoms with Gasteiger partial charge in [-0.15, -0.1) is 0 Å². The van der Waals surface area contributed by atoms with Crippen LogP contribution >= 0.6 is 0 Å². The van der Waals surface area contributed by atoms with Crippen LogP contribution in [0.2, 0.25) is 0 Å². The highest BCUT2D eigenvalue weighted by atomic mass is 16.5. The summed E-state index contributed by atoms with van der Waals surface area (Å²) in [5.74, 6) is 0.225. The van der Waals surface area contributed by atoms with Gasteiger partial charge in [-0.1, -0.05) is 25.9 Å². The molecule has 118 valence electrons. The first-order valence-corrected chi connectivity index (χ1v) is 7.68. The Bertz CT molecular complexity index is 709. The quantitative estimate of drug-likeness (QED) is 0.939. The Kier molecular flexibility index (Phi) is 3.64. The number of pyridine rings is 1. The first-order valence-electron chi connectivity index (χ1n) is 7.68. The third-order valence-corrected chi connectivity index (χ3v) is 4.49. The van der Waals surface area contributed by atoms with Crippen LogP contribution in [0, 0.1) is 5.41 Å². The van der Waals surface area contributed by atoms with Gasteiger partial charge in [0, 0.05) is 19.3 Å². The second-order valence-electron chi connectivity index (χ2n) is 6.79. The second kappa shape index (κ2) is 5.35. The fourth-order valence-electron chi connectivity index (χ4n) is 2.93. The maximum absolute atomic E-state index is 12.7. The Morgan fingerprint density at radius 2 is 2.32 bits per heavy atom. The number of amides is 1. The minimum Gasteiger partial charge on any atom is -0.338 e. The zero-order chi connectivity index (χ0) is 15.9. The van der Waals surface area contributed by atoms with E-state index < -0.39 is 0 Å². The zero-order valence-electron chi connectivity index (χ0n) is 13.3. The van der Waals surface area contributed by atoms with Crippen molar-refractivity contribution in [3.8, 4) is 0 Å². The van der Waals surface area contributed by atoms with Crippen LogP contribution in [0.25, 0.3) is 11.1 Å². The van der Waals surface area contributed by atoms with E-state index in [0.717, 1.165) is 24.0 Å². The van der Waals surface area contributed by atoms with Crippen LogP contribution in [0.5, 0.6) is 0 Å². The van der Waals surface area contributed by atoms with Crippen LogP contribution in [0.3, 0.4) is 0 Å². The van der Waals surface area contributed by atoms with E-state index in [0.29, 0.717) is 24.4 Å². The lowest BCUT2D eigenvalue weighted by atomic mass is 9.90. The van der Waals surface area contributed by atoms with Gasteiger partial charge < -0.3 is 15.2 Å². The molecule has 0 aliphatic carbocycles. The zero-order valence-corrected chi connectivity index (χ0v) is 13.3. The van der Waals surface area contributed by atoms with Gasteiger partial charge in [-0.3, -0.25) is 4.79 Å². The Morgan fingerprint density at radius 1 is 1.55 bits per heavy atom. The van der Waals surface area contributed by atoms with E-state index in [2.05, 4.69) is 17.1 Å². The largest absolute Gasteiger partial charge is 0.338 e. The average Bonchev–Trinajstić information content (AvgIpc) is 3.10. The van der Waals surface area contributed by atoms with Crippen molar-refractivity contribution in [3.05, 3.63) is 23.5 Å². The molecule has 1 fully saturated rings. The Hall–Kier alpha value is -1.95. The van der Waals surface area contributed by atoms with Gasteiger partial charge in [0.05, 0.1) is 16.6 Å². The predicted octanol–water partition coefficient (Wildman–Crippen LogP) is 2.16. The van der Waals surface area contributed by atoms with E-state index in [9.17, 15) is 4.79 Å². The van der Waals surface area contributed by atoms with Gasteiger partial charge in [0.2, 0.25) is 0 Å². The van der Waals surface area contributed by atoms with Gasteiger partial charge in [-0.2, -0.15) is 0 Å². The molecule has 2 N–H and O–H groups in total. The number of hydrogen-bond acceptors (Lipinski definition) is 5. The van der Waals surface area contributed by atoms with Crippen LogP contribution in [0.15, 0.2) is 16.8 Å². The standard InChI is InChI=1S/C16H22N4O2/c1-10(2)13-12-6-11(7-18-14(12)22-19-13)15(21)20-5-4-16(3,8-17)9-20/h6-7,10H,4-5,8-9,17H2,1-3H3. The van der Waals surface area contributed by atoms with Crippen molar-refractivity contribution in [1.82, 2.24) is 15.0 Å². The van der Waals surface area contributed by atoms with E-state index in [1.165, 1.54) is 0 Å². The molecule has 1 unspecified atom stereocenters. The third-order valence-electron chi connectivity index (χ3n) is 4.49. The van der Waals surface area contributed by atoms with Gasteiger partial charge in [0.1, 0.15) is 0 Å². The monoisotopic (exact) mass is 302 g/mol. The smallest absolute Gasteiger partial charge is 0.257 e. The maximum atomic E-state index is 12.7. The molecular formula is C16H22N4O2. The van der Waals surface area contributed by atoms with Gasteiger partial charge in [-0.25, -0.2) is 4.98 Å². The molecule has 1 amide bonds. The molecule has 6 nitrogen and oxygen atoms in total. The van der Waals surface area contributed by atoms with E-state index in [1.807, 2.05) is 24.8 Å². The summed E-state index contributed by atoms with van der Waals surface area (Å²) in [4.78, 5) is 18.8. The van der Waals surface area contributed by atoms with Crippen molar-refractivity contribution in [2.75, 3.05) is 19.6 Å². The molecular weight excluding hydrogens is 280 g/mol. The van der Waals surface area contributed by atoms with Crippen molar-refractivity contribution in [1.29, 1.82) is 0 Å². The lowest BCUT2D eigenvalue weighted by Crippen LogP contribution is -2.34. The number of fused-ring (bicyclic) bond motifs is 1. The topological polar surface area (TPSA) is 85.2 Å². The van der Waals surface area contributed by atoms with Gasteiger partial charge in [-0.05, 0) is 30.4 Å². The lowest BCUT2D eigenvalue weighted by Gasteiger charge is -2.22. The van der Waals surface area contributed by atoms with Crippen LogP contribution in [-0.4, -0.2) is 40.6 Å². The van der Waals surface area contributed by atoms with Crippen LogP contribution in [0.1, 0.15) is 49.2 Å². The summed E-state index contributed by atoms with van der Waals surface area (Å²) in [6, 6.07) is 1.84. The van der Waals surface area contributed by atoms with Crippen molar-refractivity contribution >= 4 is 17.0 Å². The molecule has 1 atom stereocenters. The molecule has 3 rings (SSSR count). The summed E-state index contributed by atoms with van der Waals surface area (Å²) in [5.41, 5.74) is 7.73. The maximum Gasteiger partial charge on any atom is 0.257 e. The number of rotatable bonds is 3. The Balaban J connectivity index is 1.90. The summed E-state index contributed by atoms with van der Waals surface area (Å²) < 4.78 is 5.22. The molecule has 0 bridgehead atoms. The third kappa shape index (κ3) is 2.47. The highest BCUT2D eigenvalue weighted by molar-refractivity contribution is 5.97. The van der Waals surface area contributed by atoms with Crippen LogP contribution < -0.4 is 5.73 Å². The van der Waals surface area contributed by atoms with Gasteiger partial charge >= 0.3 is 0 Å². The fourth-order valence-corrected chi connectivity index (χ4v) is 2.93. The first kappa shape index (κ1) is 15.0. The number of hydrogen-bond donors (Lipinski definition) is 1. The van der Waals surface area contributed by atoms with Crippen molar-refractivity contribution in [3.63, 3.8) is 0 Å². The number of likely N-dealkylation sites (tertiary alicyclic amines) is 1. The fraction of sp³-hybridized carbons (Fsp3) is 0.562. The van der Waals surface area contributed by atoms with E-state index in [-0.39, 0.29) is 17.2 Å². The summed E-state index contributed by atoms with van der Waals surface area (Å²) in [7, 11) is 0. The van der Waals surface area contributed by atoms with E-state index >= 15 is 0 Å². The molecule has 0 spiro atoms. The second-order valence-corrected chi connectivity index (χ2v) is 6.79. The minimum absolute atomic E-state index is 0.00230. The molecule has 2 aromatic heterocycles. The predicted molar refractivity (Wildman–Crippen MR) is 83.6 cm³/mol. The molecule has 6 heteroatoms. The molecule has 0 aromatic carbocycles. The van der Waals surface area contributed by atoms with Crippen LogP contribution in [0.4, 0.5) is 0 Å². The number of nitrogens with two attached hydrogens (primary N) is 1. The Labute approximate surface area is 129 Å². The van der Waals surface area contributed by atoms with Gasteiger partial charge in [0.25, 0.3) is 11.6 Å². The van der Waals surface area contributed by atoms with Crippen molar-refractivity contribution in [2.45, 2.75) is 33.1 Å². The summed E-state index contributed by atoms with van der Waals surface area (Å²) in [6.45, 7) is 8.24. The van der Waals surface area contributed by atoms with Crippen LogP contribution in [-0.2, 0) is 0 Å². The summed E-state index contributed by atoms with van der Waals surface area (Å²) in [6.07, 6.45) is 2.51. The Morgan fingerprint density at radius 3 is 2.95 bits per heavy atom. The lowest BCUT2D eigenvalue weighted by molar-refractivity contribution is 0.0776. The summed E-state index contributed by atoms with van der Waals surface area (Å²) in [5, 5.41) is 4.87. The highest BCUT2D eigenvalue weighted by Crippen LogP contribution is 2.30. The molecule has 0 radical (unpaired) electrons. The van der Waals surface area contributed by atoms with Crippen molar-refractivity contribution < 1.29 is 9.32 Å². The SMILES string of the molecule is CC(C)c1noc2ncc(C(=O)N3CCC(C)(CN)C3)cc12. The van der Waals surface area contributed by atoms with Crippen molar-refractivity contribution in [2.24, 2.45) is 11.1 Å².